The van der Waals surface area contributed by atoms with E-state index in [1.807, 2.05) is 25.1 Å². The van der Waals surface area contributed by atoms with E-state index in [0.717, 1.165) is 29.0 Å². The highest BCUT2D eigenvalue weighted by Crippen LogP contribution is 2.23. The Balaban J connectivity index is 1.82. The number of benzene rings is 2. The SMILES string of the molecule is CCN(CC)c1ccc(NC(=O)C(C)n2nc(-c3ccc(F)cc3)ccc2=O)c(C)c1. The van der Waals surface area contributed by atoms with Gasteiger partial charge in [0.2, 0.25) is 5.91 Å². The molecular formula is C24H27FN4O2. The van der Waals surface area contributed by atoms with Crippen molar-refractivity contribution >= 4 is 17.3 Å². The molecule has 7 heteroatoms. The zero-order valence-corrected chi connectivity index (χ0v) is 18.2. The molecular weight excluding hydrogens is 395 g/mol. The van der Waals surface area contributed by atoms with Crippen LogP contribution in [0.4, 0.5) is 15.8 Å². The molecule has 6 nitrogen and oxygen atoms in total. The topological polar surface area (TPSA) is 67.2 Å². The van der Waals surface area contributed by atoms with Gasteiger partial charge in [-0.1, -0.05) is 0 Å². The van der Waals surface area contributed by atoms with Crippen LogP contribution >= 0.6 is 0 Å². The fourth-order valence-electron chi connectivity index (χ4n) is 3.40. The van der Waals surface area contributed by atoms with Gasteiger partial charge in [0.25, 0.3) is 5.56 Å². The molecule has 2 aromatic carbocycles. The molecule has 0 bridgehead atoms. The summed E-state index contributed by atoms with van der Waals surface area (Å²) < 4.78 is 14.3. The molecule has 0 aliphatic rings. The molecule has 0 aliphatic carbocycles. The van der Waals surface area contributed by atoms with Gasteiger partial charge in [0.05, 0.1) is 5.69 Å². The average molecular weight is 423 g/mol. The van der Waals surface area contributed by atoms with Gasteiger partial charge in [-0.15, -0.1) is 0 Å². The number of carbonyl (C=O) groups is 1. The summed E-state index contributed by atoms with van der Waals surface area (Å²) in [5, 5.41) is 7.23. The first-order valence-corrected chi connectivity index (χ1v) is 10.4. The van der Waals surface area contributed by atoms with Crippen LogP contribution < -0.4 is 15.8 Å². The minimum atomic E-state index is -0.824. The fourth-order valence-corrected chi connectivity index (χ4v) is 3.40. The van der Waals surface area contributed by atoms with E-state index in [0.29, 0.717) is 16.9 Å². The molecule has 0 saturated heterocycles. The van der Waals surface area contributed by atoms with E-state index in [4.69, 9.17) is 0 Å². The summed E-state index contributed by atoms with van der Waals surface area (Å²) in [6.07, 6.45) is 0. The summed E-state index contributed by atoms with van der Waals surface area (Å²) in [7, 11) is 0. The third-order valence-electron chi connectivity index (χ3n) is 5.31. The van der Waals surface area contributed by atoms with Crippen molar-refractivity contribution in [3.05, 3.63) is 76.3 Å². The first-order chi connectivity index (χ1) is 14.8. The maximum atomic E-state index is 13.2. The molecule has 162 valence electrons. The van der Waals surface area contributed by atoms with Crippen LogP contribution in [0.2, 0.25) is 0 Å². The molecule has 1 heterocycles. The lowest BCUT2D eigenvalue weighted by atomic mass is 10.1. The Labute approximate surface area is 181 Å². The molecule has 31 heavy (non-hydrogen) atoms. The molecule has 1 N–H and O–H groups in total. The monoisotopic (exact) mass is 422 g/mol. The van der Waals surface area contributed by atoms with Gasteiger partial charge in [-0.3, -0.25) is 9.59 Å². The quantitative estimate of drug-likeness (QED) is 0.613. The van der Waals surface area contributed by atoms with Crippen molar-refractivity contribution in [1.82, 2.24) is 9.78 Å². The number of aryl methyl sites for hydroxylation is 1. The zero-order chi connectivity index (χ0) is 22.5. The van der Waals surface area contributed by atoms with E-state index in [1.54, 1.807) is 25.1 Å². The van der Waals surface area contributed by atoms with Gasteiger partial charge >= 0.3 is 0 Å². The maximum absolute atomic E-state index is 13.2. The molecule has 3 aromatic rings. The highest BCUT2D eigenvalue weighted by molar-refractivity contribution is 5.94. The van der Waals surface area contributed by atoms with Gasteiger partial charge in [0.1, 0.15) is 11.9 Å². The van der Waals surface area contributed by atoms with Gasteiger partial charge in [-0.05, 0) is 81.8 Å². The lowest BCUT2D eigenvalue weighted by Gasteiger charge is -2.22. The summed E-state index contributed by atoms with van der Waals surface area (Å²) in [5.74, 6) is -0.697. The van der Waals surface area contributed by atoms with Crippen molar-refractivity contribution in [3.63, 3.8) is 0 Å². The predicted molar refractivity (Wildman–Crippen MR) is 122 cm³/mol. The van der Waals surface area contributed by atoms with Gasteiger partial charge < -0.3 is 10.2 Å². The summed E-state index contributed by atoms with van der Waals surface area (Å²) in [6.45, 7) is 9.56. The van der Waals surface area contributed by atoms with E-state index in [9.17, 15) is 14.0 Å². The Morgan fingerprint density at radius 2 is 1.77 bits per heavy atom. The number of nitrogens with one attached hydrogen (secondary N) is 1. The molecule has 1 aromatic heterocycles. The van der Waals surface area contributed by atoms with Crippen LogP contribution in [-0.2, 0) is 4.79 Å². The number of carbonyl (C=O) groups excluding carboxylic acids is 1. The Hall–Kier alpha value is -3.48. The first-order valence-electron chi connectivity index (χ1n) is 10.4. The summed E-state index contributed by atoms with van der Waals surface area (Å²) in [4.78, 5) is 27.5. The van der Waals surface area contributed by atoms with Crippen LogP contribution in [-0.4, -0.2) is 28.8 Å². The van der Waals surface area contributed by atoms with Crippen molar-refractivity contribution in [3.8, 4) is 11.3 Å². The van der Waals surface area contributed by atoms with Crippen molar-refractivity contribution < 1.29 is 9.18 Å². The number of hydrogen-bond donors (Lipinski definition) is 1. The second-order valence-electron chi connectivity index (χ2n) is 7.35. The van der Waals surface area contributed by atoms with Crippen LogP contribution in [0.25, 0.3) is 11.3 Å². The Morgan fingerprint density at radius 3 is 2.39 bits per heavy atom. The molecule has 0 aliphatic heterocycles. The average Bonchev–Trinajstić information content (AvgIpc) is 2.77. The summed E-state index contributed by atoms with van der Waals surface area (Å²) in [5.41, 5.74) is 3.48. The highest BCUT2D eigenvalue weighted by atomic mass is 19.1. The largest absolute Gasteiger partial charge is 0.372 e. The molecule has 3 rings (SSSR count). The molecule has 1 unspecified atom stereocenters. The lowest BCUT2D eigenvalue weighted by Crippen LogP contribution is -2.33. The third-order valence-corrected chi connectivity index (χ3v) is 5.31. The van der Waals surface area contributed by atoms with Crippen molar-refractivity contribution in [2.45, 2.75) is 33.7 Å². The Morgan fingerprint density at radius 1 is 1.10 bits per heavy atom. The van der Waals surface area contributed by atoms with Crippen molar-refractivity contribution in [2.75, 3.05) is 23.3 Å². The van der Waals surface area contributed by atoms with Gasteiger partial charge in [-0.2, -0.15) is 5.10 Å². The second-order valence-corrected chi connectivity index (χ2v) is 7.35. The summed E-state index contributed by atoms with van der Waals surface area (Å²) >= 11 is 0. The van der Waals surface area contributed by atoms with Crippen molar-refractivity contribution in [1.29, 1.82) is 0 Å². The van der Waals surface area contributed by atoms with Crippen LogP contribution in [0.3, 0.4) is 0 Å². The molecule has 1 atom stereocenters. The fraction of sp³-hybridized carbons (Fsp3) is 0.292. The van der Waals surface area contributed by atoms with Gasteiger partial charge in [0.15, 0.2) is 0 Å². The van der Waals surface area contributed by atoms with Crippen LogP contribution in [0.15, 0.2) is 59.4 Å². The van der Waals surface area contributed by atoms with E-state index in [2.05, 4.69) is 29.2 Å². The predicted octanol–water partition coefficient (Wildman–Crippen LogP) is 4.40. The maximum Gasteiger partial charge on any atom is 0.267 e. The van der Waals surface area contributed by atoms with E-state index >= 15 is 0 Å². The number of rotatable bonds is 7. The third kappa shape index (κ3) is 4.99. The molecule has 1 amide bonds. The van der Waals surface area contributed by atoms with Crippen LogP contribution in [0.5, 0.6) is 0 Å². The Bertz CT molecular complexity index is 1120. The number of anilines is 2. The van der Waals surface area contributed by atoms with E-state index in [1.165, 1.54) is 18.2 Å². The minimum absolute atomic E-state index is 0.343. The van der Waals surface area contributed by atoms with Crippen molar-refractivity contribution in [2.24, 2.45) is 0 Å². The molecule has 0 saturated carbocycles. The number of aromatic nitrogens is 2. The van der Waals surface area contributed by atoms with Gasteiger partial charge in [0, 0.05) is 36.1 Å². The minimum Gasteiger partial charge on any atom is -0.372 e. The molecule has 0 spiro atoms. The number of nitrogens with zero attached hydrogens (tertiary/aromatic N) is 3. The number of hydrogen-bond acceptors (Lipinski definition) is 4. The van der Waals surface area contributed by atoms with E-state index < -0.39 is 6.04 Å². The molecule has 0 fully saturated rings. The number of amides is 1. The summed E-state index contributed by atoms with van der Waals surface area (Å²) in [6, 6.07) is 13.8. The van der Waals surface area contributed by atoms with Crippen LogP contribution in [0.1, 0.15) is 32.4 Å². The number of halogens is 1. The smallest absolute Gasteiger partial charge is 0.267 e. The second kappa shape index (κ2) is 9.55. The van der Waals surface area contributed by atoms with Gasteiger partial charge in [-0.25, -0.2) is 9.07 Å². The zero-order valence-electron chi connectivity index (χ0n) is 18.2. The van der Waals surface area contributed by atoms with Crippen LogP contribution in [0, 0.1) is 12.7 Å². The molecule has 0 radical (unpaired) electrons. The van der Waals surface area contributed by atoms with E-state index in [-0.39, 0.29) is 17.3 Å². The lowest BCUT2D eigenvalue weighted by molar-refractivity contribution is -0.119. The normalized spacial score (nSPS) is 11.8. The standard InChI is InChI=1S/C24H27FN4O2/c1-5-28(6-2)20-11-12-21(16(3)15-20)26-24(31)17(4)29-23(30)14-13-22(27-29)18-7-9-19(25)10-8-18/h7-15,17H,5-6H2,1-4H3,(H,26,31). The Kier molecular flexibility index (Phi) is 6.84. The first kappa shape index (κ1) is 22.2. The highest BCUT2D eigenvalue weighted by Gasteiger charge is 2.19.